The monoisotopic (exact) mass is 450 g/mol. The van der Waals surface area contributed by atoms with Crippen LogP contribution in [0.25, 0.3) is 11.0 Å². The van der Waals surface area contributed by atoms with Crippen molar-refractivity contribution >= 4 is 28.7 Å². The van der Waals surface area contributed by atoms with Crippen LogP contribution < -0.4 is 21.4 Å². The second-order valence-corrected chi connectivity index (χ2v) is 7.99. The molecular weight excluding hydrogens is 424 g/mol. The number of amides is 2. The highest BCUT2D eigenvalue weighted by Crippen LogP contribution is 2.36. The van der Waals surface area contributed by atoms with Gasteiger partial charge in [0.2, 0.25) is 12.2 Å². The Morgan fingerprint density at radius 1 is 1.28 bits per heavy atom. The number of ether oxygens (including phenoxy) is 4. The Bertz CT molecular complexity index is 1090. The van der Waals surface area contributed by atoms with Gasteiger partial charge in [0.05, 0.1) is 5.60 Å². The molecule has 0 aliphatic carbocycles. The molecule has 1 fully saturated rings. The summed E-state index contributed by atoms with van der Waals surface area (Å²) < 4.78 is 27.6. The Balaban J connectivity index is 1.95. The molecule has 2 amide bonds. The average molecular weight is 450 g/mol. The van der Waals surface area contributed by atoms with Gasteiger partial charge in [0, 0.05) is 25.0 Å². The molecule has 32 heavy (non-hydrogen) atoms. The number of aliphatic hydroxyl groups excluding tert-OH is 1. The minimum Gasteiger partial charge on any atom is -0.462 e. The minimum atomic E-state index is -1.43. The molecule has 1 aromatic carbocycles. The van der Waals surface area contributed by atoms with E-state index < -0.39 is 47.8 Å². The molecule has 174 valence electrons. The summed E-state index contributed by atoms with van der Waals surface area (Å²) in [5.74, 6) is -0.136. The number of hydrogen-bond donors (Lipinski definition) is 3. The van der Waals surface area contributed by atoms with E-state index in [1.165, 1.54) is 20.1 Å². The van der Waals surface area contributed by atoms with Gasteiger partial charge in [0.15, 0.2) is 12.2 Å². The highest BCUT2D eigenvalue weighted by Gasteiger charge is 2.53. The summed E-state index contributed by atoms with van der Waals surface area (Å²) in [6.07, 6.45) is -5.71. The maximum atomic E-state index is 12.2. The summed E-state index contributed by atoms with van der Waals surface area (Å²) in [7, 11) is 1.39. The topological polar surface area (TPSA) is 160 Å². The van der Waals surface area contributed by atoms with Crippen LogP contribution in [0.15, 0.2) is 27.4 Å². The van der Waals surface area contributed by atoms with Gasteiger partial charge in [-0.2, -0.15) is 0 Å². The SMILES string of the molecule is COC1C(OC(N)=O)C(O)C(Oc2ccc3cc(NC(C)=O)c(=O)oc3c2C)OC1(C)C. The van der Waals surface area contributed by atoms with Gasteiger partial charge in [-0.15, -0.1) is 0 Å². The molecule has 0 radical (unpaired) electrons. The first-order chi connectivity index (χ1) is 14.9. The minimum absolute atomic E-state index is 0.0166. The van der Waals surface area contributed by atoms with E-state index in [0.717, 1.165) is 0 Å². The molecule has 1 aromatic heterocycles. The Labute approximate surface area is 183 Å². The number of nitrogens with one attached hydrogen (secondary N) is 1. The van der Waals surface area contributed by atoms with E-state index in [1.54, 1.807) is 32.9 Å². The van der Waals surface area contributed by atoms with Crippen LogP contribution in [-0.2, 0) is 19.0 Å². The molecule has 4 N–H and O–H groups in total. The van der Waals surface area contributed by atoms with E-state index in [-0.39, 0.29) is 17.0 Å². The lowest BCUT2D eigenvalue weighted by Gasteiger charge is -2.47. The number of carbonyl (C=O) groups is 2. The van der Waals surface area contributed by atoms with Crippen molar-refractivity contribution < 1.29 is 38.1 Å². The predicted octanol–water partition coefficient (Wildman–Crippen LogP) is 1.41. The van der Waals surface area contributed by atoms with Crippen LogP contribution in [-0.4, -0.2) is 54.4 Å². The van der Waals surface area contributed by atoms with E-state index in [0.29, 0.717) is 10.9 Å². The number of nitrogens with two attached hydrogens (primary N) is 1. The lowest BCUT2D eigenvalue weighted by atomic mass is 9.89. The molecule has 0 saturated carbocycles. The van der Waals surface area contributed by atoms with Gasteiger partial charge < -0.3 is 39.5 Å². The third kappa shape index (κ3) is 4.54. The highest BCUT2D eigenvalue weighted by molar-refractivity contribution is 5.91. The van der Waals surface area contributed by atoms with Crippen molar-refractivity contribution in [2.24, 2.45) is 5.73 Å². The molecule has 1 aliphatic rings. The van der Waals surface area contributed by atoms with Crippen molar-refractivity contribution in [3.63, 3.8) is 0 Å². The zero-order valence-electron chi connectivity index (χ0n) is 18.3. The lowest BCUT2D eigenvalue weighted by Crippen LogP contribution is -2.65. The number of anilines is 1. The molecule has 11 nitrogen and oxygen atoms in total. The van der Waals surface area contributed by atoms with Crippen molar-refractivity contribution in [3.8, 4) is 5.75 Å². The first-order valence-corrected chi connectivity index (χ1v) is 9.81. The maximum Gasteiger partial charge on any atom is 0.404 e. The number of benzene rings is 1. The number of fused-ring (bicyclic) bond motifs is 1. The molecule has 1 saturated heterocycles. The molecule has 0 bridgehead atoms. The highest BCUT2D eigenvalue weighted by atomic mass is 16.7. The zero-order valence-corrected chi connectivity index (χ0v) is 18.3. The standard InChI is InChI=1S/C21H26N2O9/c1-9-13(7-6-11-8-12(23-10(2)24)18(26)30-15(9)11)29-19-14(25)16(31-20(22)27)17(28-5)21(3,4)32-19/h6-8,14,16-17,19,25H,1-5H3,(H2,22,27)(H,23,24). The number of hydrogen-bond acceptors (Lipinski definition) is 9. The summed E-state index contributed by atoms with van der Waals surface area (Å²) >= 11 is 0. The van der Waals surface area contributed by atoms with E-state index in [1.807, 2.05) is 0 Å². The van der Waals surface area contributed by atoms with Gasteiger partial charge in [-0.1, -0.05) is 0 Å². The van der Waals surface area contributed by atoms with Gasteiger partial charge in [-0.25, -0.2) is 9.59 Å². The number of primary amides is 1. The molecule has 2 heterocycles. The molecule has 0 spiro atoms. The quantitative estimate of drug-likeness (QED) is 0.572. The second-order valence-electron chi connectivity index (χ2n) is 7.99. The first-order valence-electron chi connectivity index (χ1n) is 9.81. The zero-order chi connectivity index (χ0) is 23.8. The van der Waals surface area contributed by atoms with Crippen LogP contribution in [0.5, 0.6) is 5.75 Å². The maximum absolute atomic E-state index is 12.2. The van der Waals surface area contributed by atoms with Crippen LogP contribution in [0.3, 0.4) is 0 Å². The Hall–Kier alpha value is -3.15. The predicted molar refractivity (Wildman–Crippen MR) is 112 cm³/mol. The summed E-state index contributed by atoms with van der Waals surface area (Å²) in [6, 6.07) is 4.72. The number of aliphatic hydroxyl groups is 1. The third-order valence-electron chi connectivity index (χ3n) is 5.18. The fraction of sp³-hybridized carbons (Fsp3) is 0.476. The average Bonchev–Trinajstić information content (AvgIpc) is 2.68. The van der Waals surface area contributed by atoms with Crippen LogP contribution in [0, 0.1) is 6.92 Å². The fourth-order valence-electron chi connectivity index (χ4n) is 3.78. The van der Waals surface area contributed by atoms with Crippen LogP contribution in [0.4, 0.5) is 10.5 Å². The van der Waals surface area contributed by atoms with Crippen molar-refractivity contribution in [1.82, 2.24) is 0 Å². The van der Waals surface area contributed by atoms with Crippen molar-refractivity contribution in [2.75, 3.05) is 12.4 Å². The number of carbonyl (C=O) groups excluding carboxylic acids is 2. The van der Waals surface area contributed by atoms with Crippen molar-refractivity contribution in [1.29, 1.82) is 0 Å². The molecular formula is C21H26N2O9. The van der Waals surface area contributed by atoms with Gasteiger partial charge >= 0.3 is 11.7 Å². The second kappa shape index (κ2) is 8.77. The first kappa shape index (κ1) is 23.5. The Kier molecular flexibility index (Phi) is 6.44. The van der Waals surface area contributed by atoms with Crippen LogP contribution >= 0.6 is 0 Å². The molecule has 4 unspecified atom stereocenters. The molecule has 3 rings (SSSR count). The van der Waals surface area contributed by atoms with Gasteiger partial charge in [-0.05, 0) is 39.0 Å². The fourth-order valence-corrected chi connectivity index (χ4v) is 3.78. The van der Waals surface area contributed by atoms with E-state index >= 15 is 0 Å². The lowest BCUT2D eigenvalue weighted by molar-refractivity contribution is -0.304. The van der Waals surface area contributed by atoms with E-state index in [9.17, 15) is 19.5 Å². The summed E-state index contributed by atoms with van der Waals surface area (Å²) in [4.78, 5) is 34.8. The summed E-state index contributed by atoms with van der Waals surface area (Å²) in [6.45, 7) is 6.33. The molecule has 2 aromatic rings. The summed E-state index contributed by atoms with van der Waals surface area (Å²) in [5, 5.41) is 13.7. The number of rotatable bonds is 5. The molecule has 4 atom stereocenters. The van der Waals surface area contributed by atoms with E-state index in [2.05, 4.69) is 5.32 Å². The van der Waals surface area contributed by atoms with Gasteiger partial charge in [-0.3, -0.25) is 4.79 Å². The number of methoxy groups -OCH3 is 1. The Morgan fingerprint density at radius 3 is 2.56 bits per heavy atom. The van der Waals surface area contributed by atoms with Crippen molar-refractivity contribution in [3.05, 3.63) is 34.2 Å². The molecule has 11 heteroatoms. The smallest absolute Gasteiger partial charge is 0.404 e. The van der Waals surface area contributed by atoms with Crippen molar-refractivity contribution in [2.45, 2.75) is 57.9 Å². The van der Waals surface area contributed by atoms with Crippen LogP contribution in [0.2, 0.25) is 0 Å². The number of aryl methyl sites for hydroxylation is 1. The van der Waals surface area contributed by atoms with Gasteiger partial charge in [0.25, 0.3) is 0 Å². The normalized spacial score (nSPS) is 24.7. The third-order valence-corrected chi connectivity index (χ3v) is 5.18. The van der Waals surface area contributed by atoms with Gasteiger partial charge in [0.1, 0.15) is 23.1 Å². The summed E-state index contributed by atoms with van der Waals surface area (Å²) in [5.41, 5.74) is 4.14. The Morgan fingerprint density at radius 2 is 1.97 bits per heavy atom. The van der Waals surface area contributed by atoms with Crippen LogP contribution in [0.1, 0.15) is 26.3 Å². The largest absolute Gasteiger partial charge is 0.462 e. The molecule has 1 aliphatic heterocycles. The van der Waals surface area contributed by atoms with E-state index in [4.69, 9.17) is 29.1 Å².